The number of methoxy groups -OCH3 is 1. The number of benzene rings is 3. The zero-order chi connectivity index (χ0) is 21.3. The van der Waals surface area contributed by atoms with Crippen LogP contribution in [0.25, 0.3) is 0 Å². The average Bonchev–Trinajstić information content (AvgIpc) is 3.19. The monoisotopic (exact) mass is 474 g/mol. The molecule has 0 spiro atoms. The summed E-state index contributed by atoms with van der Waals surface area (Å²) in [7, 11) is 1.60. The second kappa shape index (κ2) is 8.14. The van der Waals surface area contributed by atoms with Gasteiger partial charge in [-0.25, -0.2) is 0 Å². The largest absolute Gasteiger partial charge is 0.497 e. The van der Waals surface area contributed by atoms with E-state index in [2.05, 4.69) is 15.9 Å². The number of anilines is 1. The van der Waals surface area contributed by atoms with Crippen molar-refractivity contribution >= 4 is 27.3 Å². The summed E-state index contributed by atoms with van der Waals surface area (Å²) < 4.78 is 45.9. The smallest absolute Gasteiger partial charge is 0.416 e. The van der Waals surface area contributed by atoms with E-state index in [1.54, 1.807) is 18.2 Å². The Morgan fingerprint density at radius 1 is 1.00 bits per heavy atom. The summed E-state index contributed by atoms with van der Waals surface area (Å²) >= 11 is 3.43. The molecule has 1 aliphatic heterocycles. The molecular weight excluding hydrogens is 457 g/mol. The lowest BCUT2D eigenvalue weighted by Crippen LogP contribution is -2.19. The number of hydrogen-bond acceptors (Lipinski definition) is 3. The summed E-state index contributed by atoms with van der Waals surface area (Å²) in [5.74, 6) is 0.733. The number of rotatable bonds is 4. The van der Waals surface area contributed by atoms with E-state index in [9.17, 15) is 13.2 Å². The van der Waals surface area contributed by atoms with Crippen LogP contribution in [0.15, 0.2) is 82.4 Å². The van der Waals surface area contributed by atoms with Crippen molar-refractivity contribution in [2.75, 3.05) is 12.1 Å². The van der Waals surface area contributed by atoms with Crippen LogP contribution in [-0.4, -0.2) is 12.8 Å². The van der Waals surface area contributed by atoms with Gasteiger partial charge in [-0.2, -0.15) is 18.3 Å². The van der Waals surface area contributed by atoms with E-state index >= 15 is 0 Å². The Hall–Kier alpha value is -2.80. The Bertz CT molecular complexity index is 1060. The Labute approximate surface area is 180 Å². The van der Waals surface area contributed by atoms with Gasteiger partial charge in [-0.1, -0.05) is 34.1 Å². The highest BCUT2D eigenvalue weighted by Gasteiger charge is 2.34. The topological polar surface area (TPSA) is 24.8 Å². The van der Waals surface area contributed by atoms with Crippen molar-refractivity contribution in [1.29, 1.82) is 0 Å². The van der Waals surface area contributed by atoms with E-state index in [1.807, 2.05) is 48.5 Å². The third-order valence-electron chi connectivity index (χ3n) is 5.03. The number of halogens is 4. The fourth-order valence-electron chi connectivity index (χ4n) is 3.48. The van der Waals surface area contributed by atoms with Crippen LogP contribution in [0.4, 0.5) is 18.9 Å². The third kappa shape index (κ3) is 4.21. The number of nitrogens with zero attached hydrogens (tertiary/aromatic N) is 2. The molecule has 154 valence electrons. The molecule has 30 heavy (non-hydrogen) atoms. The van der Waals surface area contributed by atoms with Crippen LogP contribution in [0.2, 0.25) is 0 Å². The Morgan fingerprint density at radius 3 is 2.33 bits per heavy atom. The molecule has 0 aliphatic carbocycles. The summed E-state index contributed by atoms with van der Waals surface area (Å²) in [6.45, 7) is 0. The van der Waals surface area contributed by atoms with Gasteiger partial charge in [0.25, 0.3) is 0 Å². The van der Waals surface area contributed by atoms with E-state index in [1.165, 1.54) is 6.07 Å². The SMILES string of the molecule is COc1ccc(C2=NN(c3cccc(C(F)(F)F)c3)C(c3ccc(Br)cc3)C2)cc1. The van der Waals surface area contributed by atoms with Gasteiger partial charge in [-0.05, 0) is 65.7 Å². The molecule has 0 amide bonds. The third-order valence-corrected chi connectivity index (χ3v) is 5.56. The highest BCUT2D eigenvalue weighted by Crippen LogP contribution is 2.39. The van der Waals surface area contributed by atoms with Gasteiger partial charge >= 0.3 is 6.18 Å². The first-order valence-corrected chi connectivity index (χ1v) is 10.1. The van der Waals surface area contributed by atoms with Gasteiger partial charge in [0.1, 0.15) is 5.75 Å². The molecule has 0 radical (unpaired) electrons. The summed E-state index contributed by atoms with van der Waals surface area (Å²) in [5.41, 5.74) is 2.40. The summed E-state index contributed by atoms with van der Waals surface area (Å²) in [5, 5.41) is 6.40. The van der Waals surface area contributed by atoms with Gasteiger partial charge in [-0.3, -0.25) is 5.01 Å². The fraction of sp³-hybridized carbons (Fsp3) is 0.174. The van der Waals surface area contributed by atoms with Gasteiger partial charge in [0.05, 0.1) is 30.1 Å². The highest BCUT2D eigenvalue weighted by atomic mass is 79.9. The molecule has 0 N–H and O–H groups in total. The van der Waals surface area contributed by atoms with Crippen molar-refractivity contribution < 1.29 is 17.9 Å². The maximum atomic E-state index is 13.3. The summed E-state index contributed by atoms with van der Waals surface area (Å²) in [6, 6.07) is 20.4. The Balaban J connectivity index is 1.75. The normalized spacial score (nSPS) is 16.5. The molecule has 3 aromatic rings. The van der Waals surface area contributed by atoms with Crippen LogP contribution in [0.3, 0.4) is 0 Å². The van der Waals surface area contributed by atoms with Gasteiger partial charge in [0.2, 0.25) is 0 Å². The van der Waals surface area contributed by atoms with E-state index in [4.69, 9.17) is 9.84 Å². The standard InChI is InChI=1S/C23H18BrF3N2O/c1-30-20-11-7-15(8-12-20)21-14-22(16-5-9-18(24)10-6-16)29(28-21)19-4-2-3-17(13-19)23(25,26)27/h2-13,22H,14H2,1H3. The molecule has 0 bridgehead atoms. The number of ether oxygens (including phenoxy) is 1. The van der Waals surface area contributed by atoms with Crippen LogP contribution in [0, 0.1) is 0 Å². The van der Waals surface area contributed by atoms with Gasteiger partial charge in [-0.15, -0.1) is 0 Å². The predicted molar refractivity (Wildman–Crippen MR) is 115 cm³/mol. The van der Waals surface area contributed by atoms with E-state index in [0.29, 0.717) is 12.1 Å². The molecule has 7 heteroatoms. The summed E-state index contributed by atoms with van der Waals surface area (Å²) in [4.78, 5) is 0. The van der Waals surface area contributed by atoms with Crippen molar-refractivity contribution in [3.8, 4) is 5.75 Å². The molecule has 1 unspecified atom stereocenters. The zero-order valence-corrected chi connectivity index (χ0v) is 17.6. The van der Waals surface area contributed by atoms with Crippen LogP contribution in [0.1, 0.15) is 29.2 Å². The van der Waals surface area contributed by atoms with Crippen molar-refractivity contribution in [3.05, 3.63) is 94.0 Å². The van der Waals surface area contributed by atoms with Crippen LogP contribution >= 0.6 is 15.9 Å². The fourth-order valence-corrected chi connectivity index (χ4v) is 3.74. The molecule has 1 heterocycles. The quantitative estimate of drug-likeness (QED) is 0.413. The second-order valence-corrected chi connectivity index (χ2v) is 7.86. The number of hydrazone groups is 1. The molecule has 1 aliphatic rings. The molecule has 0 saturated carbocycles. The van der Waals surface area contributed by atoms with Crippen molar-refractivity contribution in [3.63, 3.8) is 0 Å². The lowest BCUT2D eigenvalue weighted by atomic mass is 9.98. The minimum atomic E-state index is -4.41. The Morgan fingerprint density at radius 2 is 1.70 bits per heavy atom. The summed E-state index contributed by atoms with van der Waals surface area (Å²) in [6.07, 6.45) is -3.84. The number of alkyl halides is 3. The van der Waals surface area contributed by atoms with E-state index in [0.717, 1.165) is 39.2 Å². The molecule has 3 aromatic carbocycles. The van der Waals surface area contributed by atoms with Gasteiger partial charge in [0.15, 0.2) is 0 Å². The maximum Gasteiger partial charge on any atom is 0.416 e. The molecule has 3 nitrogen and oxygen atoms in total. The van der Waals surface area contributed by atoms with Crippen LogP contribution in [0.5, 0.6) is 5.75 Å². The van der Waals surface area contributed by atoms with Gasteiger partial charge < -0.3 is 4.74 Å². The van der Waals surface area contributed by atoms with E-state index in [-0.39, 0.29) is 6.04 Å². The predicted octanol–water partition coefficient (Wildman–Crippen LogP) is 6.83. The van der Waals surface area contributed by atoms with E-state index < -0.39 is 11.7 Å². The average molecular weight is 475 g/mol. The van der Waals surface area contributed by atoms with Gasteiger partial charge in [0, 0.05) is 10.9 Å². The zero-order valence-electron chi connectivity index (χ0n) is 16.0. The molecular formula is C23H18BrF3N2O. The lowest BCUT2D eigenvalue weighted by molar-refractivity contribution is -0.137. The second-order valence-electron chi connectivity index (χ2n) is 6.94. The molecule has 1 atom stereocenters. The molecule has 0 saturated heterocycles. The highest BCUT2D eigenvalue weighted by molar-refractivity contribution is 9.10. The first-order chi connectivity index (χ1) is 14.3. The molecule has 4 rings (SSSR count). The lowest BCUT2D eigenvalue weighted by Gasteiger charge is -2.24. The first-order valence-electron chi connectivity index (χ1n) is 9.29. The molecule has 0 aromatic heterocycles. The van der Waals surface area contributed by atoms with Crippen molar-refractivity contribution in [2.45, 2.75) is 18.6 Å². The minimum absolute atomic E-state index is 0.210. The first kappa shape index (κ1) is 20.5. The molecule has 0 fully saturated rings. The minimum Gasteiger partial charge on any atom is -0.497 e. The van der Waals surface area contributed by atoms with Crippen molar-refractivity contribution in [1.82, 2.24) is 0 Å². The van der Waals surface area contributed by atoms with Crippen LogP contribution in [-0.2, 0) is 6.18 Å². The Kier molecular flexibility index (Phi) is 5.56. The van der Waals surface area contributed by atoms with Crippen molar-refractivity contribution in [2.24, 2.45) is 5.10 Å². The van der Waals surface area contributed by atoms with Crippen LogP contribution < -0.4 is 9.75 Å². The number of hydrogen-bond donors (Lipinski definition) is 0. The maximum absolute atomic E-state index is 13.3.